The Kier molecular flexibility index (Phi) is 6.34. The fraction of sp³-hybridized carbons (Fsp3) is 0.333. The molecule has 144 valence electrons. The number of hydrogen-bond donors (Lipinski definition) is 0. The number of nitrogens with zero attached hydrogens (tertiary/aromatic N) is 4. The maximum absolute atomic E-state index is 12.4. The van der Waals surface area contributed by atoms with Crippen LogP contribution in [0.5, 0.6) is 11.5 Å². The van der Waals surface area contributed by atoms with E-state index in [1.54, 1.807) is 6.26 Å². The maximum atomic E-state index is 12.4. The highest BCUT2D eigenvalue weighted by Gasteiger charge is 2.26. The summed E-state index contributed by atoms with van der Waals surface area (Å²) < 4.78 is 16.3. The summed E-state index contributed by atoms with van der Waals surface area (Å²) in [5.41, 5.74) is -1.21. The van der Waals surface area contributed by atoms with Crippen molar-refractivity contribution in [3.05, 3.63) is 43.9 Å². The summed E-state index contributed by atoms with van der Waals surface area (Å²) in [6.07, 6.45) is 1.68. The number of nitro groups is 1. The van der Waals surface area contributed by atoms with Gasteiger partial charge >= 0.3 is 5.97 Å². The number of methoxy groups -OCH3 is 2. The molecular formula is C15H16N4O7S. The van der Waals surface area contributed by atoms with Crippen LogP contribution in [0, 0.1) is 17.0 Å². The van der Waals surface area contributed by atoms with Crippen molar-refractivity contribution < 1.29 is 23.9 Å². The number of nitro benzene ring substituents is 1. The predicted octanol–water partition coefficient (Wildman–Crippen LogP) is 1.41. The minimum Gasteiger partial charge on any atom is -0.493 e. The van der Waals surface area contributed by atoms with Gasteiger partial charge in [-0.15, -0.1) is 10.2 Å². The van der Waals surface area contributed by atoms with E-state index in [1.165, 1.54) is 21.1 Å². The van der Waals surface area contributed by atoms with Crippen LogP contribution in [0.2, 0.25) is 0 Å². The molecule has 0 bridgehead atoms. The van der Waals surface area contributed by atoms with Crippen molar-refractivity contribution in [3.8, 4) is 11.5 Å². The summed E-state index contributed by atoms with van der Waals surface area (Å²) >= 11 is 1.14. The maximum Gasteiger partial charge on any atom is 0.347 e. The normalized spacial score (nSPS) is 10.4. The summed E-state index contributed by atoms with van der Waals surface area (Å²) in [4.78, 5) is 35.1. The monoisotopic (exact) mass is 396 g/mol. The van der Waals surface area contributed by atoms with Gasteiger partial charge in [0.1, 0.15) is 11.3 Å². The van der Waals surface area contributed by atoms with Gasteiger partial charge < -0.3 is 14.2 Å². The van der Waals surface area contributed by atoms with E-state index in [0.717, 1.165) is 28.5 Å². The van der Waals surface area contributed by atoms with E-state index in [-0.39, 0.29) is 27.9 Å². The first-order chi connectivity index (χ1) is 12.8. The number of esters is 1. The highest BCUT2D eigenvalue weighted by molar-refractivity contribution is 7.98. The van der Waals surface area contributed by atoms with Gasteiger partial charge in [-0.3, -0.25) is 14.9 Å². The van der Waals surface area contributed by atoms with Crippen molar-refractivity contribution >= 4 is 23.4 Å². The molecule has 0 fully saturated rings. The second kappa shape index (κ2) is 8.49. The molecule has 1 heterocycles. The van der Waals surface area contributed by atoms with E-state index in [9.17, 15) is 19.7 Å². The Morgan fingerprint density at radius 2 is 1.89 bits per heavy atom. The van der Waals surface area contributed by atoms with Gasteiger partial charge in [-0.25, -0.2) is 9.36 Å². The summed E-state index contributed by atoms with van der Waals surface area (Å²) in [6, 6.07) is 2.21. The standard InChI is InChI=1S/C15H16N4O7S/c1-8-13(20)18(15(27-4)17-16-8)7-26-14(21)9-5-11(24-2)12(25-3)6-10(9)19(22)23/h5-6H,7H2,1-4H3. The van der Waals surface area contributed by atoms with E-state index >= 15 is 0 Å². The van der Waals surface area contributed by atoms with E-state index in [0.29, 0.717) is 0 Å². The van der Waals surface area contributed by atoms with Crippen LogP contribution in [0.4, 0.5) is 5.69 Å². The number of carbonyl (C=O) groups is 1. The van der Waals surface area contributed by atoms with Crippen molar-refractivity contribution in [2.75, 3.05) is 20.5 Å². The molecule has 27 heavy (non-hydrogen) atoms. The predicted molar refractivity (Wildman–Crippen MR) is 94.4 cm³/mol. The van der Waals surface area contributed by atoms with Gasteiger partial charge in [0.25, 0.3) is 11.2 Å². The molecule has 0 unspecified atom stereocenters. The molecule has 11 nitrogen and oxygen atoms in total. The van der Waals surface area contributed by atoms with Crippen LogP contribution in [-0.4, -0.2) is 46.1 Å². The number of benzene rings is 1. The number of rotatable bonds is 7. The molecule has 0 saturated heterocycles. The molecule has 0 N–H and O–H groups in total. The summed E-state index contributed by atoms with van der Waals surface area (Å²) in [5, 5.41) is 19.1. The minimum absolute atomic E-state index is 0.0931. The summed E-state index contributed by atoms with van der Waals surface area (Å²) in [7, 11) is 2.64. The first-order valence-corrected chi connectivity index (χ1v) is 8.62. The molecule has 0 amide bonds. The van der Waals surface area contributed by atoms with Crippen LogP contribution >= 0.6 is 11.8 Å². The molecule has 0 aliphatic heterocycles. The van der Waals surface area contributed by atoms with Crippen LogP contribution in [-0.2, 0) is 11.5 Å². The van der Waals surface area contributed by atoms with Crippen LogP contribution in [0.1, 0.15) is 16.1 Å². The molecular weight excluding hydrogens is 380 g/mol. The second-order valence-corrected chi connectivity index (χ2v) is 5.82. The Balaban J connectivity index is 2.38. The quantitative estimate of drug-likeness (QED) is 0.292. The number of aromatic nitrogens is 3. The smallest absolute Gasteiger partial charge is 0.347 e. The van der Waals surface area contributed by atoms with Crippen molar-refractivity contribution in [2.24, 2.45) is 0 Å². The SMILES string of the molecule is COc1cc(C(=O)OCn2c(SC)nnc(C)c2=O)c([N+](=O)[O-])cc1OC. The number of thioether (sulfide) groups is 1. The van der Waals surface area contributed by atoms with Crippen molar-refractivity contribution in [1.82, 2.24) is 14.8 Å². The van der Waals surface area contributed by atoms with E-state index in [2.05, 4.69) is 10.2 Å². The third-order valence-electron chi connectivity index (χ3n) is 3.50. The molecule has 2 rings (SSSR count). The molecule has 0 aliphatic carbocycles. The lowest BCUT2D eigenvalue weighted by Crippen LogP contribution is -2.28. The topological polar surface area (TPSA) is 136 Å². The second-order valence-electron chi connectivity index (χ2n) is 5.05. The third-order valence-corrected chi connectivity index (χ3v) is 4.16. The average Bonchev–Trinajstić information content (AvgIpc) is 2.67. The zero-order valence-electron chi connectivity index (χ0n) is 14.9. The molecule has 0 saturated carbocycles. The Hall–Kier alpha value is -3.15. The van der Waals surface area contributed by atoms with Crippen molar-refractivity contribution in [1.29, 1.82) is 0 Å². The number of hydrogen-bond acceptors (Lipinski definition) is 10. The first-order valence-electron chi connectivity index (χ1n) is 7.39. The molecule has 0 aliphatic rings. The van der Waals surface area contributed by atoms with E-state index < -0.39 is 28.9 Å². The Labute approximate surface area is 157 Å². The molecule has 12 heteroatoms. The van der Waals surface area contributed by atoms with Crippen molar-refractivity contribution in [2.45, 2.75) is 18.8 Å². The summed E-state index contributed by atoms with van der Waals surface area (Å²) in [6.45, 7) is 0.993. The van der Waals surface area contributed by atoms with E-state index in [4.69, 9.17) is 14.2 Å². The van der Waals surface area contributed by atoms with Crippen LogP contribution in [0.15, 0.2) is 22.1 Å². The van der Waals surface area contributed by atoms with Gasteiger partial charge in [-0.2, -0.15) is 0 Å². The largest absolute Gasteiger partial charge is 0.493 e. The number of ether oxygens (including phenoxy) is 3. The molecule has 2 aromatic rings. The Bertz CT molecular complexity index is 944. The van der Waals surface area contributed by atoms with Gasteiger partial charge in [-0.05, 0) is 13.2 Å². The number of aryl methyl sites for hydroxylation is 1. The van der Waals surface area contributed by atoms with Gasteiger partial charge in [-0.1, -0.05) is 11.8 Å². The fourth-order valence-electron chi connectivity index (χ4n) is 2.15. The van der Waals surface area contributed by atoms with Crippen LogP contribution < -0.4 is 15.0 Å². The Morgan fingerprint density at radius 1 is 1.26 bits per heavy atom. The lowest BCUT2D eigenvalue weighted by atomic mass is 10.1. The number of carbonyl (C=O) groups excluding carboxylic acids is 1. The van der Waals surface area contributed by atoms with Crippen molar-refractivity contribution in [3.63, 3.8) is 0 Å². The van der Waals surface area contributed by atoms with Gasteiger partial charge in [0.05, 0.1) is 25.2 Å². The fourth-order valence-corrected chi connectivity index (χ4v) is 2.62. The molecule has 1 aromatic carbocycles. The zero-order valence-corrected chi connectivity index (χ0v) is 15.7. The first kappa shape index (κ1) is 20.2. The zero-order chi connectivity index (χ0) is 20.1. The Morgan fingerprint density at radius 3 is 2.44 bits per heavy atom. The lowest BCUT2D eigenvalue weighted by molar-refractivity contribution is -0.385. The minimum atomic E-state index is -1.00. The third kappa shape index (κ3) is 4.16. The van der Waals surface area contributed by atoms with Gasteiger partial charge in [0.2, 0.25) is 0 Å². The van der Waals surface area contributed by atoms with Crippen LogP contribution in [0.3, 0.4) is 0 Å². The average molecular weight is 396 g/mol. The van der Waals surface area contributed by atoms with Crippen LogP contribution in [0.25, 0.3) is 0 Å². The molecule has 0 atom stereocenters. The van der Waals surface area contributed by atoms with Gasteiger partial charge in [0.15, 0.2) is 23.4 Å². The highest BCUT2D eigenvalue weighted by atomic mass is 32.2. The summed E-state index contributed by atoms with van der Waals surface area (Å²) in [5.74, 6) is -0.787. The highest BCUT2D eigenvalue weighted by Crippen LogP contribution is 2.34. The van der Waals surface area contributed by atoms with Gasteiger partial charge in [0, 0.05) is 6.07 Å². The molecule has 0 radical (unpaired) electrons. The molecule has 1 aromatic heterocycles. The molecule has 0 spiro atoms. The van der Waals surface area contributed by atoms with E-state index in [1.807, 2.05) is 0 Å². The lowest BCUT2D eigenvalue weighted by Gasteiger charge is -2.12.